The number of piperidine rings is 2. The molecule has 0 bridgehead atoms. The molecule has 1 aliphatic carbocycles. The Morgan fingerprint density at radius 3 is 2.52 bits per heavy atom. The van der Waals surface area contributed by atoms with Crippen LogP contribution in [0, 0.1) is 0 Å². The Morgan fingerprint density at radius 2 is 1.78 bits per heavy atom. The van der Waals surface area contributed by atoms with Crippen LogP contribution < -0.4 is 26.4 Å². The predicted octanol–water partition coefficient (Wildman–Crippen LogP) is 4.14. The molecule has 0 saturated carbocycles. The monoisotopic (exact) mass is 853 g/mol. The third-order valence-electron chi connectivity index (χ3n) is 13.1. The molecule has 2 atom stereocenters. The summed E-state index contributed by atoms with van der Waals surface area (Å²) < 4.78 is 3.20. The summed E-state index contributed by atoms with van der Waals surface area (Å²) in [6.07, 6.45) is 7.55. The SMILES string of the molecule is C=CCn1c(=O)c2cnc(Nc3ccc(N4CCC(N(C)C(=O)CCNc5ccc6c(c5)CN(C5CCC(=O)NC5=O)C6=O)CC4)cc3)nc2n1-c1ccc2c(n1)[C@@](O)(CC)CC2. The number of anilines is 4. The second kappa shape index (κ2) is 16.8. The number of fused-ring (bicyclic) bond motifs is 3. The Bertz CT molecular complexity index is 2700. The Hall–Kier alpha value is -6.88. The minimum atomic E-state index is -1.01. The number of nitrogens with zero attached hydrogens (tertiary/aromatic N) is 8. The van der Waals surface area contributed by atoms with Crippen molar-refractivity contribution in [3.8, 4) is 5.82 Å². The molecule has 9 rings (SSSR count). The van der Waals surface area contributed by atoms with Crippen molar-refractivity contribution in [1.29, 1.82) is 0 Å². The molecule has 6 heterocycles. The van der Waals surface area contributed by atoms with Gasteiger partial charge >= 0.3 is 0 Å². The number of rotatable bonds is 13. The molecule has 2 fully saturated rings. The topological polar surface area (TPSA) is 200 Å². The molecule has 4 aliphatic rings. The number of aliphatic hydroxyl groups is 1. The molecule has 326 valence electrons. The van der Waals surface area contributed by atoms with E-state index in [9.17, 15) is 29.1 Å². The molecular formula is C46H51N11O6. The van der Waals surface area contributed by atoms with Crippen molar-refractivity contribution in [2.75, 3.05) is 42.2 Å². The van der Waals surface area contributed by atoms with Crippen molar-refractivity contribution in [3.63, 3.8) is 0 Å². The summed E-state index contributed by atoms with van der Waals surface area (Å²) in [5, 5.41) is 20.5. The van der Waals surface area contributed by atoms with Crippen molar-refractivity contribution >= 4 is 57.7 Å². The molecule has 63 heavy (non-hydrogen) atoms. The van der Waals surface area contributed by atoms with E-state index in [1.54, 1.807) is 16.8 Å². The number of nitrogens with one attached hydrogen (secondary N) is 3. The number of amides is 4. The van der Waals surface area contributed by atoms with Crippen LogP contribution in [0.25, 0.3) is 16.9 Å². The molecule has 2 aromatic carbocycles. The van der Waals surface area contributed by atoms with Crippen LogP contribution in [0.3, 0.4) is 0 Å². The van der Waals surface area contributed by atoms with E-state index >= 15 is 0 Å². The van der Waals surface area contributed by atoms with Crippen LogP contribution in [0.5, 0.6) is 0 Å². The number of hydrogen-bond donors (Lipinski definition) is 4. The highest BCUT2D eigenvalue weighted by molar-refractivity contribution is 6.05. The number of hydrogen-bond acceptors (Lipinski definition) is 12. The smallest absolute Gasteiger partial charge is 0.278 e. The van der Waals surface area contributed by atoms with Gasteiger partial charge in [-0.1, -0.05) is 19.1 Å². The van der Waals surface area contributed by atoms with E-state index in [1.165, 1.54) is 15.8 Å². The summed E-state index contributed by atoms with van der Waals surface area (Å²) in [5.74, 6) is -0.116. The van der Waals surface area contributed by atoms with Gasteiger partial charge in [0, 0.05) is 80.9 Å². The van der Waals surface area contributed by atoms with Crippen LogP contribution in [0.4, 0.5) is 23.0 Å². The molecule has 1 unspecified atom stereocenters. The van der Waals surface area contributed by atoms with Crippen molar-refractivity contribution in [2.45, 2.75) is 89.1 Å². The largest absolute Gasteiger partial charge is 0.385 e. The number of benzene rings is 2. The minimum Gasteiger partial charge on any atom is -0.385 e. The highest BCUT2D eigenvalue weighted by Crippen LogP contribution is 2.38. The van der Waals surface area contributed by atoms with Gasteiger partial charge in [-0.25, -0.2) is 19.3 Å². The predicted molar refractivity (Wildman–Crippen MR) is 237 cm³/mol. The Kier molecular flexibility index (Phi) is 11.0. The maximum absolute atomic E-state index is 13.5. The van der Waals surface area contributed by atoms with Gasteiger partial charge in [-0.15, -0.1) is 6.58 Å². The van der Waals surface area contributed by atoms with Gasteiger partial charge in [0.2, 0.25) is 23.7 Å². The van der Waals surface area contributed by atoms with Gasteiger partial charge in [0.05, 0.1) is 12.2 Å². The Balaban J connectivity index is 0.784. The van der Waals surface area contributed by atoms with E-state index in [-0.39, 0.29) is 42.3 Å². The van der Waals surface area contributed by atoms with E-state index in [2.05, 4.69) is 32.4 Å². The maximum Gasteiger partial charge on any atom is 0.278 e. The lowest BCUT2D eigenvalue weighted by atomic mass is 9.98. The number of aryl methyl sites for hydroxylation is 1. The Morgan fingerprint density at radius 1 is 1.00 bits per heavy atom. The fourth-order valence-corrected chi connectivity index (χ4v) is 9.39. The zero-order valence-corrected chi connectivity index (χ0v) is 35.5. The third-order valence-corrected chi connectivity index (χ3v) is 13.1. The van der Waals surface area contributed by atoms with Gasteiger partial charge in [0.25, 0.3) is 11.5 Å². The molecule has 3 aromatic heterocycles. The molecule has 17 nitrogen and oxygen atoms in total. The van der Waals surface area contributed by atoms with Gasteiger partial charge in [-0.05, 0) is 98.2 Å². The van der Waals surface area contributed by atoms with Crippen LogP contribution in [-0.4, -0.2) is 102 Å². The molecule has 2 saturated heterocycles. The molecule has 17 heteroatoms. The number of carbonyl (C=O) groups is 4. The first-order chi connectivity index (χ1) is 30.4. The van der Waals surface area contributed by atoms with Gasteiger partial charge in [0.1, 0.15) is 17.0 Å². The number of aromatic nitrogens is 5. The summed E-state index contributed by atoms with van der Waals surface area (Å²) in [4.78, 5) is 83.7. The number of carbonyl (C=O) groups excluding carboxylic acids is 4. The van der Waals surface area contributed by atoms with E-state index in [4.69, 9.17) is 9.97 Å². The maximum atomic E-state index is 13.5. The molecule has 5 aromatic rings. The third kappa shape index (κ3) is 7.81. The molecule has 0 radical (unpaired) electrons. The number of pyridine rings is 1. The van der Waals surface area contributed by atoms with Crippen LogP contribution in [0.15, 0.2) is 78.2 Å². The average Bonchev–Trinajstić information content (AvgIpc) is 3.90. The van der Waals surface area contributed by atoms with Crippen LogP contribution >= 0.6 is 0 Å². The summed E-state index contributed by atoms with van der Waals surface area (Å²) >= 11 is 0. The second-order valence-corrected chi connectivity index (χ2v) is 16.8. The highest BCUT2D eigenvalue weighted by Gasteiger charge is 2.40. The van der Waals surface area contributed by atoms with Crippen molar-refractivity contribution in [3.05, 3.63) is 106 Å². The van der Waals surface area contributed by atoms with E-state index in [0.717, 1.165) is 60.5 Å². The molecule has 0 spiro atoms. The summed E-state index contributed by atoms with van der Waals surface area (Å²) in [7, 11) is 1.87. The normalized spacial score (nSPS) is 19.9. The summed E-state index contributed by atoms with van der Waals surface area (Å²) in [6, 6.07) is 16.8. The zero-order chi connectivity index (χ0) is 44.0. The molecule has 4 amide bonds. The fourth-order valence-electron chi connectivity index (χ4n) is 9.39. The first kappa shape index (κ1) is 41.5. The highest BCUT2D eigenvalue weighted by atomic mass is 16.3. The first-order valence-corrected chi connectivity index (χ1v) is 21.7. The zero-order valence-electron chi connectivity index (χ0n) is 35.5. The number of imide groups is 1. The number of allylic oxidation sites excluding steroid dienone is 1. The van der Waals surface area contributed by atoms with Crippen molar-refractivity contribution in [1.82, 2.24) is 39.4 Å². The quantitative estimate of drug-likeness (QED) is 0.0977. The minimum absolute atomic E-state index is 0.0543. The lowest BCUT2D eigenvalue weighted by molar-refractivity contribution is -0.137. The van der Waals surface area contributed by atoms with Gasteiger partial charge in [0.15, 0.2) is 11.5 Å². The molecule has 4 N–H and O–H groups in total. The average molecular weight is 854 g/mol. The lowest BCUT2D eigenvalue weighted by Crippen LogP contribution is -2.52. The summed E-state index contributed by atoms with van der Waals surface area (Å²) in [5.41, 5.74) is 4.75. The van der Waals surface area contributed by atoms with Crippen molar-refractivity contribution in [2.24, 2.45) is 0 Å². The van der Waals surface area contributed by atoms with E-state index < -0.39 is 17.6 Å². The first-order valence-electron chi connectivity index (χ1n) is 21.7. The van der Waals surface area contributed by atoms with Crippen LogP contribution in [0.2, 0.25) is 0 Å². The lowest BCUT2D eigenvalue weighted by Gasteiger charge is -2.38. The fraction of sp³-hybridized carbons (Fsp3) is 0.391. The summed E-state index contributed by atoms with van der Waals surface area (Å²) in [6.45, 7) is 8.34. The van der Waals surface area contributed by atoms with Crippen molar-refractivity contribution < 1.29 is 24.3 Å². The Labute approximate surface area is 363 Å². The van der Waals surface area contributed by atoms with Gasteiger partial charge in [-0.2, -0.15) is 4.98 Å². The molecular weight excluding hydrogens is 803 g/mol. The van der Waals surface area contributed by atoms with Gasteiger partial charge in [-0.3, -0.25) is 29.3 Å². The standard InChI is InChI=1S/C46H51N11O6/c1-4-22-56-44(62)35-26-48-45(52-41(35)57(56)37-14-6-28-16-20-46(63,5-2)40(28)50-37)49-30-7-10-33(11-8-30)54-23-18-32(19-24-54)53(3)39(59)17-21-47-31-9-12-34-29(25-31)27-55(43(34)61)36-13-15-38(58)51-42(36)60/h4,6-12,14,25-26,32,36,47,63H,1,5,13,15-24,27H2,2-3H3,(H,48,49,52)(H,51,58,60)/t36?,46-/m1/s1. The second-order valence-electron chi connectivity index (χ2n) is 16.8. The van der Waals surface area contributed by atoms with Crippen LogP contribution in [0.1, 0.15) is 79.0 Å². The van der Waals surface area contributed by atoms with Crippen LogP contribution in [-0.2, 0) is 39.5 Å². The van der Waals surface area contributed by atoms with Gasteiger partial charge < -0.3 is 30.4 Å². The molecule has 3 aliphatic heterocycles. The van der Waals surface area contributed by atoms with E-state index in [0.29, 0.717) is 72.8 Å². The van der Waals surface area contributed by atoms with E-state index in [1.807, 2.05) is 67.4 Å².